The van der Waals surface area contributed by atoms with Gasteiger partial charge in [-0.2, -0.15) is 0 Å². The van der Waals surface area contributed by atoms with Crippen LogP contribution in [0.5, 0.6) is 0 Å². The minimum absolute atomic E-state index is 0.110. The van der Waals surface area contributed by atoms with Gasteiger partial charge in [0.25, 0.3) is 0 Å². The lowest BCUT2D eigenvalue weighted by molar-refractivity contribution is 0.417. The van der Waals surface area contributed by atoms with Gasteiger partial charge in [-0.1, -0.05) is 0 Å². The second-order valence-corrected chi connectivity index (χ2v) is 5.92. The first kappa shape index (κ1) is 13.7. The predicted octanol–water partition coefficient (Wildman–Crippen LogP) is 2.52. The first-order chi connectivity index (χ1) is 8.96. The van der Waals surface area contributed by atoms with E-state index in [1.54, 1.807) is 0 Å². The van der Waals surface area contributed by atoms with Crippen LogP contribution in [0.2, 0.25) is 0 Å². The van der Waals surface area contributed by atoms with Crippen LogP contribution < -0.4 is 5.32 Å². The molecule has 0 radical (unpaired) electrons. The van der Waals surface area contributed by atoms with Crippen LogP contribution >= 0.6 is 0 Å². The van der Waals surface area contributed by atoms with Crippen LogP contribution in [0, 0.1) is 6.92 Å². The fourth-order valence-electron chi connectivity index (χ4n) is 1.84. The van der Waals surface area contributed by atoms with Crippen LogP contribution in [0.4, 0.5) is 0 Å². The van der Waals surface area contributed by atoms with E-state index < -0.39 is 0 Å². The summed E-state index contributed by atoms with van der Waals surface area (Å²) in [5, 5.41) is 3.49. The molecule has 2 aromatic rings. The summed E-state index contributed by atoms with van der Waals surface area (Å²) in [6.45, 7) is 10.3. The number of aryl methyl sites for hydroxylation is 1. The number of hydrogen-bond acceptors (Lipinski definition) is 3. The Morgan fingerprint density at radius 2 is 2.00 bits per heavy atom. The van der Waals surface area contributed by atoms with Crippen LogP contribution in [0.3, 0.4) is 0 Å². The molecular weight excluding hydrogens is 236 g/mol. The molecule has 0 fully saturated rings. The van der Waals surface area contributed by atoms with E-state index in [9.17, 15) is 0 Å². The average Bonchev–Trinajstić information content (AvgIpc) is 2.76. The number of nitrogens with one attached hydrogen (secondary N) is 1. The van der Waals surface area contributed by atoms with Gasteiger partial charge in [-0.25, -0.2) is 4.98 Å². The van der Waals surface area contributed by atoms with Crippen LogP contribution in [0.1, 0.15) is 37.6 Å². The third-order valence-corrected chi connectivity index (χ3v) is 3.09. The highest BCUT2D eigenvalue weighted by Gasteiger charge is 2.11. The Kier molecular flexibility index (Phi) is 4.00. The van der Waals surface area contributed by atoms with E-state index in [1.807, 2.05) is 31.0 Å². The summed E-state index contributed by atoms with van der Waals surface area (Å²) in [5.74, 6) is 0. The standard InChI is InChI=1S/C15H22N4/c1-12-5-6-16-7-13(12)10-19-11-17-8-14(19)9-18-15(2,3)4/h5-8,11,18H,9-10H2,1-4H3. The minimum atomic E-state index is 0.110. The molecular formula is C15H22N4. The van der Waals surface area contributed by atoms with Crippen molar-refractivity contribution in [3.8, 4) is 0 Å². The quantitative estimate of drug-likeness (QED) is 0.916. The normalized spacial score (nSPS) is 11.8. The third kappa shape index (κ3) is 3.89. The molecule has 4 heteroatoms. The Morgan fingerprint density at radius 1 is 1.21 bits per heavy atom. The maximum Gasteiger partial charge on any atom is 0.0951 e. The summed E-state index contributed by atoms with van der Waals surface area (Å²) in [6.07, 6.45) is 7.56. The zero-order chi connectivity index (χ0) is 13.9. The Bertz CT molecular complexity index is 537. The van der Waals surface area contributed by atoms with Crippen LogP contribution in [0.25, 0.3) is 0 Å². The molecule has 0 unspecified atom stereocenters. The summed E-state index contributed by atoms with van der Waals surface area (Å²) in [6, 6.07) is 2.04. The smallest absolute Gasteiger partial charge is 0.0951 e. The van der Waals surface area contributed by atoms with Gasteiger partial charge in [-0.05, 0) is 44.9 Å². The zero-order valence-electron chi connectivity index (χ0n) is 12.1. The maximum absolute atomic E-state index is 4.25. The molecule has 0 spiro atoms. The maximum atomic E-state index is 4.25. The first-order valence-corrected chi connectivity index (χ1v) is 6.59. The molecule has 2 rings (SSSR count). The van der Waals surface area contributed by atoms with Gasteiger partial charge in [-0.15, -0.1) is 0 Å². The zero-order valence-corrected chi connectivity index (χ0v) is 12.1. The fraction of sp³-hybridized carbons (Fsp3) is 0.467. The number of rotatable bonds is 4. The van der Waals surface area contributed by atoms with E-state index in [-0.39, 0.29) is 5.54 Å². The van der Waals surface area contributed by atoms with E-state index in [0.29, 0.717) is 0 Å². The van der Waals surface area contributed by atoms with E-state index in [0.717, 1.165) is 13.1 Å². The summed E-state index contributed by atoms with van der Waals surface area (Å²) < 4.78 is 2.17. The summed E-state index contributed by atoms with van der Waals surface area (Å²) in [7, 11) is 0. The van der Waals surface area contributed by atoms with Crippen molar-refractivity contribution in [3.05, 3.63) is 47.8 Å². The van der Waals surface area contributed by atoms with Crippen molar-refractivity contribution >= 4 is 0 Å². The largest absolute Gasteiger partial charge is 0.329 e. The van der Waals surface area contributed by atoms with E-state index in [1.165, 1.54) is 16.8 Å². The molecule has 0 saturated carbocycles. The highest BCUT2D eigenvalue weighted by molar-refractivity contribution is 5.22. The van der Waals surface area contributed by atoms with E-state index in [4.69, 9.17) is 0 Å². The molecule has 0 aliphatic heterocycles. The lowest BCUT2D eigenvalue weighted by Crippen LogP contribution is -2.35. The Hall–Kier alpha value is -1.68. The minimum Gasteiger partial charge on any atom is -0.329 e. The van der Waals surface area contributed by atoms with Crippen molar-refractivity contribution in [2.75, 3.05) is 0 Å². The number of pyridine rings is 1. The number of nitrogens with zero attached hydrogens (tertiary/aromatic N) is 3. The lowest BCUT2D eigenvalue weighted by atomic mass is 10.1. The highest BCUT2D eigenvalue weighted by Crippen LogP contribution is 2.10. The molecule has 0 amide bonds. The van der Waals surface area contributed by atoms with Gasteiger partial charge in [0.15, 0.2) is 0 Å². The number of imidazole rings is 1. The summed E-state index contributed by atoms with van der Waals surface area (Å²) in [5.41, 5.74) is 3.80. The molecule has 0 aliphatic carbocycles. The van der Waals surface area contributed by atoms with Crippen molar-refractivity contribution in [2.24, 2.45) is 0 Å². The second-order valence-electron chi connectivity index (χ2n) is 5.92. The van der Waals surface area contributed by atoms with Crippen LogP contribution in [-0.2, 0) is 13.1 Å². The topological polar surface area (TPSA) is 42.7 Å². The van der Waals surface area contributed by atoms with Gasteiger partial charge in [0.05, 0.1) is 18.6 Å². The second kappa shape index (κ2) is 5.53. The summed E-state index contributed by atoms with van der Waals surface area (Å²) in [4.78, 5) is 8.44. The molecule has 0 aromatic carbocycles. The third-order valence-electron chi connectivity index (χ3n) is 3.09. The Morgan fingerprint density at radius 3 is 2.68 bits per heavy atom. The molecule has 2 heterocycles. The van der Waals surface area contributed by atoms with Crippen LogP contribution in [0.15, 0.2) is 31.0 Å². The number of hydrogen-bond donors (Lipinski definition) is 1. The first-order valence-electron chi connectivity index (χ1n) is 6.59. The average molecular weight is 258 g/mol. The van der Waals surface area contributed by atoms with Gasteiger partial charge in [0.2, 0.25) is 0 Å². The molecule has 19 heavy (non-hydrogen) atoms. The van der Waals surface area contributed by atoms with Gasteiger partial charge in [-0.3, -0.25) is 4.98 Å². The monoisotopic (exact) mass is 258 g/mol. The molecule has 0 atom stereocenters. The van der Waals surface area contributed by atoms with Crippen molar-refractivity contribution in [3.63, 3.8) is 0 Å². The molecule has 102 valence electrons. The lowest BCUT2D eigenvalue weighted by Gasteiger charge is -2.21. The molecule has 2 aromatic heterocycles. The summed E-state index contributed by atoms with van der Waals surface area (Å²) >= 11 is 0. The van der Waals surface area contributed by atoms with Gasteiger partial charge in [0.1, 0.15) is 0 Å². The SMILES string of the molecule is Cc1ccncc1Cn1cncc1CNC(C)(C)C. The van der Waals surface area contributed by atoms with Crippen LogP contribution in [-0.4, -0.2) is 20.1 Å². The molecule has 0 aliphatic rings. The van der Waals surface area contributed by atoms with E-state index in [2.05, 4.69) is 47.5 Å². The Labute approximate surface area is 114 Å². The fourth-order valence-corrected chi connectivity index (χ4v) is 1.84. The van der Waals surface area contributed by atoms with E-state index >= 15 is 0 Å². The van der Waals surface area contributed by atoms with Crippen molar-refractivity contribution in [1.29, 1.82) is 0 Å². The van der Waals surface area contributed by atoms with Crippen molar-refractivity contribution < 1.29 is 0 Å². The Balaban J connectivity index is 2.10. The van der Waals surface area contributed by atoms with Gasteiger partial charge < -0.3 is 9.88 Å². The van der Waals surface area contributed by atoms with Gasteiger partial charge >= 0.3 is 0 Å². The predicted molar refractivity (Wildman–Crippen MR) is 76.9 cm³/mol. The highest BCUT2D eigenvalue weighted by atomic mass is 15.1. The van der Waals surface area contributed by atoms with Gasteiger partial charge in [0, 0.05) is 30.7 Å². The molecule has 1 N–H and O–H groups in total. The molecule has 0 saturated heterocycles. The van der Waals surface area contributed by atoms with Crippen molar-refractivity contribution in [2.45, 2.75) is 46.3 Å². The number of aromatic nitrogens is 3. The molecule has 0 bridgehead atoms. The van der Waals surface area contributed by atoms with Crippen molar-refractivity contribution in [1.82, 2.24) is 19.9 Å². The molecule has 4 nitrogen and oxygen atoms in total.